The molecule has 1 unspecified atom stereocenters. The quantitative estimate of drug-likeness (QED) is 0.182. The van der Waals surface area contributed by atoms with Crippen LogP contribution in [0.15, 0.2) is 84.9 Å². The van der Waals surface area contributed by atoms with Crippen LogP contribution in [0.4, 0.5) is 0 Å². The van der Waals surface area contributed by atoms with E-state index < -0.39 is 6.10 Å². The number of rotatable bonds is 11. The van der Waals surface area contributed by atoms with Crippen LogP contribution in [0.5, 0.6) is 23.0 Å². The molecule has 5 rings (SSSR count). The molecule has 0 radical (unpaired) electrons. The molecule has 0 saturated heterocycles. The van der Waals surface area contributed by atoms with Gasteiger partial charge in [0, 0.05) is 5.41 Å². The van der Waals surface area contributed by atoms with E-state index in [9.17, 15) is 10.2 Å². The molecule has 0 heterocycles. The fourth-order valence-electron chi connectivity index (χ4n) is 6.67. The van der Waals surface area contributed by atoms with Crippen molar-refractivity contribution < 1.29 is 19.7 Å². The summed E-state index contributed by atoms with van der Waals surface area (Å²) >= 11 is 0. The largest absolute Gasteiger partial charge is 0.508 e. The van der Waals surface area contributed by atoms with Gasteiger partial charge in [0.1, 0.15) is 29.6 Å². The van der Waals surface area contributed by atoms with Gasteiger partial charge < -0.3 is 19.7 Å². The molecule has 4 nitrogen and oxygen atoms in total. The third kappa shape index (κ3) is 6.66. The number of phenolic OH excluding ortho intramolecular Hbond substituents is 1. The summed E-state index contributed by atoms with van der Waals surface area (Å²) in [6.45, 7) is 11.0. The first-order valence-electron chi connectivity index (χ1n) is 16.3. The van der Waals surface area contributed by atoms with E-state index in [1.54, 1.807) is 0 Å². The molecule has 1 aliphatic rings. The first-order chi connectivity index (χ1) is 21.2. The van der Waals surface area contributed by atoms with Gasteiger partial charge in [0.15, 0.2) is 0 Å². The van der Waals surface area contributed by atoms with Gasteiger partial charge in [0.2, 0.25) is 0 Å². The topological polar surface area (TPSA) is 58.9 Å². The summed E-state index contributed by atoms with van der Waals surface area (Å²) in [6, 6.07) is 28.6. The van der Waals surface area contributed by atoms with Crippen molar-refractivity contribution in [1.29, 1.82) is 0 Å². The molecular weight excluding hydrogens is 544 g/mol. The smallest absolute Gasteiger partial charge is 0.127 e. The number of hydrogen-bond donors (Lipinski definition) is 2. The average molecular weight is 593 g/mol. The maximum Gasteiger partial charge on any atom is 0.127 e. The van der Waals surface area contributed by atoms with Crippen molar-refractivity contribution >= 4 is 0 Å². The summed E-state index contributed by atoms with van der Waals surface area (Å²) in [4.78, 5) is 0. The molecule has 4 heteroatoms. The summed E-state index contributed by atoms with van der Waals surface area (Å²) in [5.41, 5.74) is 6.53. The Kier molecular flexibility index (Phi) is 9.70. The zero-order chi connectivity index (χ0) is 31.3. The summed E-state index contributed by atoms with van der Waals surface area (Å²) in [6.07, 6.45) is 7.28. The Morgan fingerprint density at radius 1 is 0.750 bits per heavy atom. The summed E-state index contributed by atoms with van der Waals surface area (Å²) < 4.78 is 12.4. The number of phenols is 1. The van der Waals surface area contributed by atoms with Crippen molar-refractivity contribution in [2.45, 2.75) is 97.7 Å². The van der Waals surface area contributed by atoms with Gasteiger partial charge in [-0.2, -0.15) is 0 Å². The van der Waals surface area contributed by atoms with Crippen LogP contribution in [-0.4, -0.2) is 10.2 Å². The molecule has 4 aromatic rings. The molecule has 1 fully saturated rings. The van der Waals surface area contributed by atoms with Gasteiger partial charge in [-0.3, -0.25) is 0 Å². The monoisotopic (exact) mass is 592 g/mol. The Labute approximate surface area is 263 Å². The SMILES string of the molecule is CCC(C)(CC)C(O)c1ccc(Oc2ccc(COc3ccc(C4(c5ccc(O)c(C)c5)CCCCC4)cc3C)cc2)cc1. The third-order valence-electron chi connectivity index (χ3n) is 10.2. The molecule has 0 bridgehead atoms. The molecule has 44 heavy (non-hydrogen) atoms. The fraction of sp³-hybridized carbons (Fsp3) is 0.400. The Morgan fingerprint density at radius 2 is 1.32 bits per heavy atom. The van der Waals surface area contributed by atoms with Crippen molar-refractivity contribution in [2.24, 2.45) is 5.41 Å². The minimum Gasteiger partial charge on any atom is -0.508 e. The minimum absolute atomic E-state index is 0.0262. The van der Waals surface area contributed by atoms with Crippen molar-refractivity contribution in [2.75, 3.05) is 0 Å². The highest BCUT2D eigenvalue weighted by Gasteiger charge is 2.36. The number of aliphatic hydroxyl groups is 1. The number of hydrogen-bond acceptors (Lipinski definition) is 4. The second-order valence-corrected chi connectivity index (χ2v) is 13.0. The molecule has 2 N–H and O–H groups in total. The summed E-state index contributed by atoms with van der Waals surface area (Å²) in [5, 5.41) is 21.0. The van der Waals surface area contributed by atoms with Gasteiger partial charge in [-0.05, 0) is 115 Å². The lowest BCUT2D eigenvalue weighted by Gasteiger charge is -2.39. The highest BCUT2D eigenvalue weighted by molar-refractivity contribution is 5.48. The Bertz CT molecular complexity index is 1530. The molecule has 1 atom stereocenters. The van der Waals surface area contributed by atoms with Crippen molar-refractivity contribution in [1.82, 2.24) is 0 Å². The Balaban J connectivity index is 1.23. The van der Waals surface area contributed by atoms with Gasteiger partial charge in [0.05, 0.1) is 6.10 Å². The van der Waals surface area contributed by atoms with Gasteiger partial charge >= 0.3 is 0 Å². The van der Waals surface area contributed by atoms with E-state index in [2.05, 4.69) is 58.0 Å². The van der Waals surface area contributed by atoms with Crippen LogP contribution in [0.3, 0.4) is 0 Å². The first kappa shape index (κ1) is 31.7. The zero-order valence-electron chi connectivity index (χ0n) is 27.0. The minimum atomic E-state index is -0.498. The lowest BCUT2D eigenvalue weighted by molar-refractivity contribution is 0.0297. The van der Waals surface area contributed by atoms with E-state index in [-0.39, 0.29) is 10.8 Å². The molecule has 1 saturated carbocycles. The number of aliphatic hydroxyl groups excluding tert-OH is 1. The van der Waals surface area contributed by atoms with Crippen LogP contribution in [0, 0.1) is 19.3 Å². The highest BCUT2D eigenvalue weighted by atomic mass is 16.5. The standard InChI is InChI=1S/C40H48O4/c1-6-39(5,7-2)38(42)31-13-19-35(20-14-31)44-34-17-11-30(12-18-34)27-43-37-22-16-33(26-29(37)4)40(23-9-8-10-24-40)32-15-21-36(41)28(3)25-32/h11-22,25-26,38,41-42H,6-10,23-24,27H2,1-5H3. The van der Waals surface area contributed by atoms with Gasteiger partial charge in [0.25, 0.3) is 0 Å². The van der Waals surface area contributed by atoms with Crippen LogP contribution in [0.2, 0.25) is 0 Å². The molecule has 0 spiro atoms. The molecule has 232 valence electrons. The molecule has 1 aliphatic carbocycles. The predicted molar refractivity (Wildman–Crippen MR) is 179 cm³/mol. The average Bonchev–Trinajstić information content (AvgIpc) is 3.06. The lowest BCUT2D eigenvalue weighted by Crippen LogP contribution is -2.30. The van der Waals surface area contributed by atoms with Gasteiger partial charge in [-0.15, -0.1) is 0 Å². The first-order valence-corrected chi connectivity index (χ1v) is 16.3. The number of benzene rings is 4. The van der Waals surface area contributed by atoms with Crippen LogP contribution in [-0.2, 0) is 12.0 Å². The highest BCUT2D eigenvalue weighted by Crippen LogP contribution is 2.46. The van der Waals surface area contributed by atoms with Crippen molar-refractivity contribution in [3.05, 3.63) is 118 Å². The van der Waals surface area contributed by atoms with Crippen molar-refractivity contribution in [3.63, 3.8) is 0 Å². The van der Waals surface area contributed by atoms with Crippen LogP contribution in [0.25, 0.3) is 0 Å². The van der Waals surface area contributed by atoms with E-state index in [0.29, 0.717) is 12.4 Å². The Hall–Kier alpha value is -3.76. The predicted octanol–water partition coefficient (Wildman–Crippen LogP) is 10.5. The molecule has 0 aromatic heterocycles. The van der Waals surface area contributed by atoms with E-state index >= 15 is 0 Å². The lowest BCUT2D eigenvalue weighted by atomic mass is 9.65. The number of aromatic hydroxyl groups is 1. The van der Waals surface area contributed by atoms with Crippen LogP contribution < -0.4 is 9.47 Å². The van der Waals surface area contributed by atoms with Gasteiger partial charge in [-0.25, -0.2) is 0 Å². The summed E-state index contributed by atoms with van der Waals surface area (Å²) in [5.74, 6) is 2.76. The fourth-order valence-corrected chi connectivity index (χ4v) is 6.67. The third-order valence-corrected chi connectivity index (χ3v) is 10.2. The van der Waals surface area contributed by atoms with E-state index in [1.807, 2.05) is 61.5 Å². The molecule has 0 amide bonds. The van der Waals surface area contributed by atoms with Crippen molar-refractivity contribution in [3.8, 4) is 23.0 Å². The maximum absolute atomic E-state index is 10.9. The Morgan fingerprint density at radius 3 is 1.89 bits per heavy atom. The van der Waals surface area contributed by atoms with E-state index in [4.69, 9.17) is 9.47 Å². The van der Waals surface area contributed by atoms with Gasteiger partial charge in [-0.1, -0.05) is 88.6 Å². The second kappa shape index (κ2) is 13.5. The van der Waals surface area contributed by atoms with E-state index in [1.165, 1.54) is 30.4 Å². The summed E-state index contributed by atoms with van der Waals surface area (Å²) in [7, 11) is 0. The van der Waals surface area contributed by atoms with Crippen LogP contribution >= 0.6 is 0 Å². The number of aryl methyl sites for hydroxylation is 2. The molecular formula is C40H48O4. The second-order valence-electron chi connectivity index (χ2n) is 13.0. The van der Waals surface area contributed by atoms with E-state index in [0.717, 1.165) is 65.2 Å². The maximum atomic E-state index is 10.9. The molecule has 4 aromatic carbocycles. The molecule has 0 aliphatic heterocycles. The van der Waals surface area contributed by atoms with Crippen LogP contribution in [0.1, 0.15) is 105 Å². The normalized spacial score (nSPS) is 15.5. The number of ether oxygens (including phenoxy) is 2. The zero-order valence-corrected chi connectivity index (χ0v) is 27.0.